The summed E-state index contributed by atoms with van der Waals surface area (Å²) in [6, 6.07) is 10.4. The molecule has 1 aliphatic carbocycles. The number of aromatic nitrogens is 2. The molecule has 0 spiro atoms. The first-order valence-electron chi connectivity index (χ1n) is 13.3. The Morgan fingerprint density at radius 3 is 2.33 bits per heavy atom. The number of carbonyl (C=O) groups is 2. The fourth-order valence-electron chi connectivity index (χ4n) is 4.02. The van der Waals surface area contributed by atoms with Gasteiger partial charge < -0.3 is 30.6 Å². The van der Waals surface area contributed by atoms with E-state index in [9.17, 15) is 9.59 Å². The van der Waals surface area contributed by atoms with Crippen molar-refractivity contribution in [2.24, 2.45) is 5.92 Å². The first-order chi connectivity index (χ1) is 18.7. The minimum Gasteiger partial charge on any atom is -0.479 e. The molecular weight excluding hydrogens is 520 g/mol. The van der Waals surface area contributed by atoms with Crippen LogP contribution in [0.4, 0.5) is 17.3 Å². The average Bonchev–Trinajstić information content (AvgIpc) is 3.68. The van der Waals surface area contributed by atoms with E-state index in [0.29, 0.717) is 11.2 Å². The molecule has 6 N–H and O–H groups in total. The molecule has 2 aromatic rings. The fourth-order valence-corrected chi connectivity index (χ4v) is 4.79. The van der Waals surface area contributed by atoms with Gasteiger partial charge in [-0.2, -0.15) is 0 Å². The van der Waals surface area contributed by atoms with Gasteiger partial charge >= 0.3 is 5.97 Å². The Hall–Kier alpha value is -2.97. The van der Waals surface area contributed by atoms with Crippen molar-refractivity contribution in [1.29, 1.82) is 0 Å². The molecule has 2 unspecified atom stereocenters. The number of hydrogen-bond acceptors (Lipinski definition) is 11. The topological polar surface area (TPSA) is 155 Å². The number of nitrogens with zero attached hydrogens (tertiary/aromatic N) is 4. The maximum Gasteiger partial charge on any atom is 0.332 e. The molecule has 3 aliphatic rings. The summed E-state index contributed by atoms with van der Waals surface area (Å²) in [4.78, 5) is 36.8. The molecule has 1 aromatic carbocycles. The summed E-state index contributed by atoms with van der Waals surface area (Å²) in [5.41, 5.74) is 7.36. The summed E-state index contributed by atoms with van der Waals surface area (Å²) in [6.07, 6.45) is 1.88. The molecule has 3 fully saturated rings. The Morgan fingerprint density at radius 1 is 1.10 bits per heavy atom. The van der Waals surface area contributed by atoms with Crippen molar-refractivity contribution >= 4 is 41.0 Å². The van der Waals surface area contributed by atoms with E-state index in [0.717, 1.165) is 67.7 Å². The Labute approximate surface area is 232 Å². The number of benzene rings is 1. The number of amides is 1. The summed E-state index contributed by atoms with van der Waals surface area (Å²) in [5.74, 6) is 0.912. The van der Waals surface area contributed by atoms with E-state index in [4.69, 9.17) is 20.2 Å². The second-order valence-corrected chi connectivity index (χ2v) is 11.3. The van der Waals surface area contributed by atoms with E-state index in [1.165, 1.54) is 18.7 Å². The minimum absolute atomic E-state index is 0.124. The van der Waals surface area contributed by atoms with Crippen molar-refractivity contribution in [3.63, 3.8) is 0 Å². The first kappa shape index (κ1) is 29.0. The monoisotopic (exact) mass is 558 g/mol. The highest BCUT2D eigenvalue weighted by atomic mass is 32.2. The van der Waals surface area contributed by atoms with Gasteiger partial charge in [0.15, 0.2) is 5.16 Å². The van der Waals surface area contributed by atoms with Crippen molar-refractivity contribution in [3.8, 4) is 0 Å². The highest BCUT2D eigenvalue weighted by molar-refractivity contribution is 7.99. The van der Waals surface area contributed by atoms with Crippen LogP contribution < -0.4 is 26.4 Å². The molecule has 39 heavy (non-hydrogen) atoms. The van der Waals surface area contributed by atoms with E-state index in [2.05, 4.69) is 51.3 Å². The number of hydrogen-bond donors (Lipinski definition) is 6. The van der Waals surface area contributed by atoms with Gasteiger partial charge in [-0.3, -0.25) is 10.2 Å². The SMILES string of the molecule is CC1CC(Nc2cc(N3CCN(C)CC3)nc(Sc3ccc(NC(=O)C4CC4)cc3)n2)NN1.C[C@H](O)C(=O)O. The highest BCUT2D eigenvalue weighted by Crippen LogP contribution is 2.32. The Bertz CT molecular complexity index is 1120. The van der Waals surface area contributed by atoms with Crippen molar-refractivity contribution in [2.45, 2.75) is 61.5 Å². The second-order valence-electron chi connectivity index (χ2n) is 10.2. The smallest absolute Gasteiger partial charge is 0.332 e. The van der Waals surface area contributed by atoms with Crippen LogP contribution in [0, 0.1) is 5.92 Å². The van der Waals surface area contributed by atoms with Crippen LogP contribution in [0.15, 0.2) is 40.4 Å². The van der Waals surface area contributed by atoms with Gasteiger partial charge in [-0.25, -0.2) is 20.2 Å². The number of carboxylic acid groups (broad SMARTS) is 1. The van der Waals surface area contributed by atoms with Crippen LogP contribution in [0.2, 0.25) is 0 Å². The zero-order chi connectivity index (χ0) is 27.9. The summed E-state index contributed by atoms with van der Waals surface area (Å²) >= 11 is 1.54. The van der Waals surface area contributed by atoms with Crippen LogP contribution in [0.25, 0.3) is 0 Å². The predicted molar refractivity (Wildman–Crippen MR) is 151 cm³/mol. The zero-order valence-corrected chi connectivity index (χ0v) is 23.4. The lowest BCUT2D eigenvalue weighted by atomic mass is 10.2. The van der Waals surface area contributed by atoms with Crippen LogP contribution >= 0.6 is 11.8 Å². The number of aliphatic carboxylic acids is 1. The summed E-state index contributed by atoms with van der Waals surface area (Å²) < 4.78 is 0. The third-order valence-electron chi connectivity index (χ3n) is 6.57. The number of likely N-dealkylation sites (N-methyl/N-ethyl adjacent to an activating group) is 1. The molecule has 3 heterocycles. The molecule has 1 saturated carbocycles. The number of aliphatic hydroxyl groups excluding tert-OH is 1. The molecule has 2 aliphatic heterocycles. The molecule has 3 atom stereocenters. The molecule has 0 bridgehead atoms. The Balaban J connectivity index is 0.000000531. The lowest BCUT2D eigenvalue weighted by Gasteiger charge is -2.33. The largest absolute Gasteiger partial charge is 0.479 e. The lowest BCUT2D eigenvalue weighted by molar-refractivity contribution is -0.145. The summed E-state index contributed by atoms with van der Waals surface area (Å²) in [7, 11) is 2.16. The number of hydrazine groups is 1. The Kier molecular flexibility index (Phi) is 9.97. The van der Waals surface area contributed by atoms with Gasteiger partial charge in [-0.1, -0.05) is 0 Å². The molecule has 1 amide bonds. The lowest BCUT2D eigenvalue weighted by Crippen LogP contribution is -2.45. The number of carbonyl (C=O) groups excluding carboxylic acids is 1. The normalized spacial score (nSPS) is 22.0. The number of anilines is 3. The van der Waals surface area contributed by atoms with Gasteiger partial charge in [0.25, 0.3) is 0 Å². The van der Waals surface area contributed by atoms with E-state index in [-0.39, 0.29) is 18.0 Å². The minimum atomic E-state index is -1.23. The van der Waals surface area contributed by atoms with Crippen molar-refractivity contribution in [3.05, 3.63) is 30.3 Å². The molecule has 5 rings (SSSR count). The first-order valence-corrected chi connectivity index (χ1v) is 14.1. The Morgan fingerprint density at radius 2 is 1.77 bits per heavy atom. The second kappa shape index (κ2) is 13.4. The van der Waals surface area contributed by atoms with E-state index < -0.39 is 12.1 Å². The molecule has 13 heteroatoms. The molecule has 12 nitrogen and oxygen atoms in total. The highest BCUT2D eigenvalue weighted by Gasteiger charge is 2.29. The molecule has 0 radical (unpaired) electrons. The summed E-state index contributed by atoms with van der Waals surface area (Å²) in [6.45, 7) is 7.30. The van der Waals surface area contributed by atoms with Gasteiger partial charge in [0.2, 0.25) is 5.91 Å². The molecule has 1 aromatic heterocycles. The van der Waals surface area contributed by atoms with Crippen LogP contribution in [0.3, 0.4) is 0 Å². The number of carboxylic acids is 1. The van der Waals surface area contributed by atoms with Gasteiger partial charge in [0, 0.05) is 54.8 Å². The van der Waals surface area contributed by atoms with E-state index in [1.54, 1.807) is 0 Å². The van der Waals surface area contributed by atoms with Crippen molar-refractivity contribution in [1.82, 2.24) is 25.7 Å². The standard InChI is InChI=1S/C23H32N8OS.C3H6O3/c1-15-13-20(29-28-15)25-19-14-21(31-11-9-30(2)10-12-31)27-23(26-19)33-18-7-5-17(6-8-18)24-22(32)16-3-4-16;1-2(4)3(5)6/h5-8,14-16,20,28-29H,3-4,9-13H2,1-2H3,(H,24,32)(H,25,26,27);2,4H,1H3,(H,5,6)/t;2-/m.0/s1. The third kappa shape index (κ3) is 9.04. The number of aliphatic hydroxyl groups is 1. The quantitative estimate of drug-likeness (QED) is 0.262. The van der Waals surface area contributed by atoms with Crippen LogP contribution in [0.1, 0.15) is 33.1 Å². The molecular formula is C26H38N8O4S. The predicted octanol–water partition coefficient (Wildman–Crippen LogP) is 1.80. The van der Waals surface area contributed by atoms with Crippen molar-refractivity contribution in [2.75, 3.05) is 48.8 Å². The number of nitrogens with one attached hydrogen (secondary N) is 4. The van der Waals surface area contributed by atoms with E-state index in [1.807, 2.05) is 24.3 Å². The molecule has 212 valence electrons. The van der Waals surface area contributed by atoms with Gasteiger partial charge in [0.05, 0.1) is 6.17 Å². The van der Waals surface area contributed by atoms with Crippen LogP contribution in [-0.4, -0.2) is 88.5 Å². The maximum absolute atomic E-state index is 12.0. The maximum atomic E-state index is 12.0. The fraction of sp³-hybridized carbons (Fsp3) is 0.538. The van der Waals surface area contributed by atoms with Crippen LogP contribution in [-0.2, 0) is 9.59 Å². The molecule has 2 saturated heterocycles. The summed E-state index contributed by atoms with van der Waals surface area (Å²) in [5, 5.41) is 23.0. The zero-order valence-electron chi connectivity index (χ0n) is 22.6. The van der Waals surface area contributed by atoms with Gasteiger partial charge in [-0.05, 0) is 76.2 Å². The van der Waals surface area contributed by atoms with Crippen molar-refractivity contribution < 1.29 is 19.8 Å². The van der Waals surface area contributed by atoms with Crippen LogP contribution in [0.5, 0.6) is 0 Å². The number of piperazine rings is 1. The van der Waals surface area contributed by atoms with Gasteiger partial charge in [-0.15, -0.1) is 0 Å². The number of rotatable bonds is 8. The van der Waals surface area contributed by atoms with Gasteiger partial charge in [0.1, 0.15) is 17.7 Å². The third-order valence-corrected chi connectivity index (χ3v) is 7.44. The average molecular weight is 559 g/mol. The van der Waals surface area contributed by atoms with E-state index >= 15 is 0 Å².